The van der Waals surface area contributed by atoms with Gasteiger partial charge in [-0.1, -0.05) is 11.6 Å². The summed E-state index contributed by atoms with van der Waals surface area (Å²) in [6.45, 7) is 0. The van der Waals surface area contributed by atoms with Crippen LogP contribution in [0.15, 0.2) is 12.4 Å². The molecule has 0 aliphatic carbocycles. The maximum Gasteiger partial charge on any atom is 0.150 e. The molecule has 1 saturated heterocycles. The summed E-state index contributed by atoms with van der Waals surface area (Å²) >= 11 is 5.73. The fourth-order valence-electron chi connectivity index (χ4n) is 1.66. The van der Waals surface area contributed by atoms with Crippen molar-refractivity contribution in [2.45, 2.75) is 18.9 Å². The van der Waals surface area contributed by atoms with Gasteiger partial charge in [-0.05, 0) is 12.8 Å². The second-order valence-corrected chi connectivity index (χ2v) is 6.26. The third-order valence-corrected chi connectivity index (χ3v) is 4.38. The Balaban J connectivity index is 2.09. The number of aromatic nitrogens is 2. The van der Waals surface area contributed by atoms with Gasteiger partial charge >= 0.3 is 0 Å². The molecule has 0 aromatic carbocycles. The zero-order valence-electron chi connectivity index (χ0n) is 7.56. The molecule has 0 atom stereocenters. The Morgan fingerprint density at radius 1 is 1.43 bits per heavy atom. The Labute approximate surface area is 87.8 Å². The first-order valence-corrected chi connectivity index (χ1v) is 6.67. The van der Waals surface area contributed by atoms with E-state index in [0.29, 0.717) is 17.9 Å². The van der Waals surface area contributed by atoms with Crippen molar-refractivity contribution in [3.63, 3.8) is 0 Å². The van der Waals surface area contributed by atoms with E-state index < -0.39 is 9.84 Å². The average Bonchev–Trinajstić information content (AvgIpc) is 2.52. The van der Waals surface area contributed by atoms with Crippen LogP contribution in [-0.2, 0) is 9.84 Å². The highest BCUT2D eigenvalue weighted by molar-refractivity contribution is 7.91. The first-order valence-electron chi connectivity index (χ1n) is 4.47. The van der Waals surface area contributed by atoms with Crippen molar-refractivity contribution >= 4 is 21.4 Å². The summed E-state index contributed by atoms with van der Waals surface area (Å²) in [5, 5.41) is 4.67. The van der Waals surface area contributed by atoms with Crippen LogP contribution in [0.1, 0.15) is 18.9 Å². The molecule has 78 valence electrons. The predicted molar refractivity (Wildman–Crippen MR) is 54.2 cm³/mol. The summed E-state index contributed by atoms with van der Waals surface area (Å²) in [4.78, 5) is 0. The van der Waals surface area contributed by atoms with E-state index in [-0.39, 0.29) is 17.5 Å². The molecule has 2 heterocycles. The average molecular weight is 235 g/mol. The molecule has 4 nitrogen and oxygen atoms in total. The quantitative estimate of drug-likeness (QED) is 0.736. The lowest BCUT2D eigenvalue weighted by molar-refractivity contribution is 0.413. The highest BCUT2D eigenvalue weighted by Gasteiger charge is 2.24. The van der Waals surface area contributed by atoms with Crippen molar-refractivity contribution in [1.29, 1.82) is 0 Å². The maximum atomic E-state index is 11.2. The van der Waals surface area contributed by atoms with Crippen molar-refractivity contribution in [2.24, 2.45) is 0 Å². The molecule has 0 radical (unpaired) electrons. The minimum atomic E-state index is -2.79. The van der Waals surface area contributed by atoms with E-state index in [2.05, 4.69) is 5.10 Å². The fraction of sp³-hybridized carbons (Fsp3) is 0.625. The minimum absolute atomic E-state index is 0.186. The summed E-state index contributed by atoms with van der Waals surface area (Å²) < 4.78 is 24.1. The molecule has 0 saturated carbocycles. The molecular formula is C8H11ClN2O2S. The second-order valence-electron chi connectivity index (χ2n) is 3.52. The van der Waals surface area contributed by atoms with E-state index in [1.807, 2.05) is 0 Å². The van der Waals surface area contributed by atoms with Gasteiger partial charge in [0.1, 0.15) is 9.84 Å². The van der Waals surface area contributed by atoms with Gasteiger partial charge < -0.3 is 0 Å². The first-order chi connectivity index (χ1) is 6.57. The van der Waals surface area contributed by atoms with Gasteiger partial charge in [0.05, 0.1) is 28.8 Å². The van der Waals surface area contributed by atoms with E-state index in [4.69, 9.17) is 11.6 Å². The topological polar surface area (TPSA) is 52.0 Å². The van der Waals surface area contributed by atoms with Crippen molar-refractivity contribution < 1.29 is 8.42 Å². The van der Waals surface area contributed by atoms with Crippen molar-refractivity contribution in [2.75, 3.05) is 11.5 Å². The van der Waals surface area contributed by atoms with E-state index in [1.54, 1.807) is 17.1 Å². The van der Waals surface area contributed by atoms with Crippen LogP contribution in [-0.4, -0.2) is 29.7 Å². The van der Waals surface area contributed by atoms with Gasteiger partial charge in [-0.2, -0.15) is 5.10 Å². The second kappa shape index (κ2) is 3.55. The molecule has 1 aliphatic heterocycles. The first kappa shape index (κ1) is 9.98. The smallest absolute Gasteiger partial charge is 0.150 e. The number of rotatable bonds is 1. The van der Waals surface area contributed by atoms with E-state index in [1.165, 1.54) is 0 Å². The highest BCUT2D eigenvalue weighted by Crippen LogP contribution is 2.24. The summed E-state index contributed by atoms with van der Waals surface area (Å²) in [5.41, 5.74) is 0. The number of sulfone groups is 1. The van der Waals surface area contributed by atoms with Crippen LogP contribution in [0.4, 0.5) is 0 Å². The Morgan fingerprint density at radius 2 is 2.07 bits per heavy atom. The van der Waals surface area contributed by atoms with Gasteiger partial charge in [0.15, 0.2) is 0 Å². The number of nitrogens with zero attached hydrogens (tertiary/aromatic N) is 2. The normalized spacial score (nSPS) is 22.4. The summed E-state index contributed by atoms with van der Waals surface area (Å²) in [6, 6.07) is 0.186. The van der Waals surface area contributed by atoms with Crippen LogP contribution in [0.2, 0.25) is 5.02 Å². The Kier molecular flexibility index (Phi) is 2.53. The largest absolute Gasteiger partial charge is 0.268 e. The third kappa shape index (κ3) is 2.09. The summed E-state index contributed by atoms with van der Waals surface area (Å²) in [7, 11) is -2.79. The van der Waals surface area contributed by atoms with Crippen LogP contribution in [0, 0.1) is 0 Å². The standard InChI is InChI=1S/C8H11ClN2O2S/c9-7-5-10-11(6-7)8-1-3-14(12,13)4-2-8/h5-6,8H,1-4H2. The Morgan fingerprint density at radius 3 is 2.57 bits per heavy atom. The molecule has 14 heavy (non-hydrogen) atoms. The fourth-order valence-corrected chi connectivity index (χ4v) is 3.27. The Bertz CT molecular complexity index is 412. The molecule has 1 fully saturated rings. The lowest BCUT2D eigenvalue weighted by Gasteiger charge is -2.21. The lowest BCUT2D eigenvalue weighted by Crippen LogP contribution is -2.25. The van der Waals surface area contributed by atoms with Gasteiger partial charge in [0.25, 0.3) is 0 Å². The predicted octanol–water partition coefficient (Wildman–Crippen LogP) is 1.29. The maximum absolute atomic E-state index is 11.2. The summed E-state index contributed by atoms with van der Waals surface area (Å²) in [6.07, 6.45) is 4.59. The van der Waals surface area contributed by atoms with Crippen LogP contribution in [0.3, 0.4) is 0 Å². The lowest BCUT2D eigenvalue weighted by atomic mass is 10.2. The van der Waals surface area contributed by atoms with Crippen LogP contribution < -0.4 is 0 Å². The molecule has 0 spiro atoms. The van der Waals surface area contributed by atoms with Gasteiger partial charge in [0.2, 0.25) is 0 Å². The zero-order chi connectivity index (χ0) is 10.2. The van der Waals surface area contributed by atoms with Gasteiger partial charge in [-0.3, -0.25) is 4.68 Å². The molecule has 1 aromatic heterocycles. The molecule has 2 rings (SSSR count). The molecule has 1 aliphatic rings. The third-order valence-electron chi connectivity index (χ3n) is 2.47. The SMILES string of the molecule is O=S1(=O)CCC(n2cc(Cl)cn2)CC1. The number of hydrogen-bond donors (Lipinski definition) is 0. The Hall–Kier alpha value is -0.550. The van der Waals surface area contributed by atoms with E-state index in [9.17, 15) is 8.42 Å². The van der Waals surface area contributed by atoms with Crippen LogP contribution >= 0.6 is 11.6 Å². The van der Waals surface area contributed by atoms with Gasteiger partial charge in [-0.15, -0.1) is 0 Å². The number of halogens is 1. The molecule has 0 N–H and O–H groups in total. The summed E-state index contributed by atoms with van der Waals surface area (Å²) in [5.74, 6) is 0.518. The monoisotopic (exact) mass is 234 g/mol. The highest BCUT2D eigenvalue weighted by atomic mass is 35.5. The van der Waals surface area contributed by atoms with Crippen LogP contribution in [0.25, 0.3) is 0 Å². The molecular weight excluding hydrogens is 224 g/mol. The van der Waals surface area contributed by atoms with E-state index in [0.717, 1.165) is 0 Å². The van der Waals surface area contributed by atoms with Crippen molar-refractivity contribution in [1.82, 2.24) is 9.78 Å². The number of hydrogen-bond acceptors (Lipinski definition) is 3. The molecule has 1 aromatic rings. The molecule has 0 unspecified atom stereocenters. The molecule has 0 amide bonds. The van der Waals surface area contributed by atoms with Crippen molar-refractivity contribution in [3.8, 4) is 0 Å². The zero-order valence-corrected chi connectivity index (χ0v) is 9.13. The van der Waals surface area contributed by atoms with Crippen LogP contribution in [0.5, 0.6) is 0 Å². The van der Waals surface area contributed by atoms with E-state index >= 15 is 0 Å². The van der Waals surface area contributed by atoms with Gasteiger partial charge in [0, 0.05) is 6.20 Å². The van der Waals surface area contributed by atoms with Gasteiger partial charge in [-0.25, -0.2) is 8.42 Å². The molecule has 6 heteroatoms. The van der Waals surface area contributed by atoms with Crippen molar-refractivity contribution in [3.05, 3.63) is 17.4 Å². The molecule has 0 bridgehead atoms. The minimum Gasteiger partial charge on any atom is -0.268 e.